The second-order valence-corrected chi connectivity index (χ2v) is 4.01. The van der Waals surface area contributed by atoms with Crippen LogP contribution in [0.1, 0.15) is 5.69 Å². The summed E-state index contributed by atoms with van der Waals surface area (Å²) >= 11 is 1.65. The van der Waals surface area contributed by atoms with Gasteiger partial charge in [0.2, 0.25) is 0 Å². The highest BCUT2D eigenvalue weighted by molar-refractivity contribution is 7.99. The molecule has 0 unspecified atom stereocenters. The van der Waals surface area contributed by atoms with Crippen molar-refractivity contribution in [2.24, 2.45) is 0 Å². The summed E-state index contributed by atoms with van der Waals surface area (Å²) in [7, 11) is 0. The molecular weight excluding hydrogens is 192 g/mol. The molecule has 0 amide bonds. The molecule has 0 saturated heterocycles. The first-order chi connectivity index (χ1) is 6.84. The normalized spacial score (nSPS) is 10.1. The lowest BCUT2D eigenvalue weighted by Crippen LogP contribution is -1.85. The molecule has 1 aromatic carbocycles. The number of hydrogen-bond donors (Lipinski definition) is 0. The fourth-order valence-corrected chi connectivity index (χ4v) is 1.96. The third-order valence-corrected chi connectivity index (χ3v) is 2.68. The van der Waals surface area contributed by atoms with Gasteiger partial charge in [0, 0.05) is 10.6 Å². The second-order valence-electron chi connectivity index (χ2n) is 2.91. The molecule has 3 heteroatoms. The summed E-state index contributed by atoms with van der Waals surface area (Å²) in [4.78, 5) is 9.44. The minimum absolute atomic E-state index is 0.990. The van der Waals surface area contributed by atoms with Crippen LogP contribution in [0.25, 0.3) is 0 Å². The minimum Gasteiger partial charge on any atom is -0.242 e. The Morgan fingerprint density at radius 3 is 2.57 bits per heavy atom. The average molecular weight is 202 g/mol. The minimum atomic E-state index is 0.990. The molecule has 1 heterocycles. The molecule has 0 bridgehead atoms. The van der Waals surface area contributed by atoms with E-state index in [2.05, 4.69) is 22.1 Å². The zero-order chi connectivity index (χ0) is 9.80. The number of aryl methyl sites for hydroxylation is 1. The number of benzene rings is 1. The molecule has 0 aliphatic heterocycles. The molecule has 2 rings (SSSR count). The number of aromatic nitrogens is 2. The van der Waals surface area contributed by atoms with Crippen LogP contribution in [0.3, 0.4) is 0 Å². The topological polar surface area (TPSA) is 25.8 Å². The van der Waals surface area contributed by atoms with Gasteiger partial charge in [0.25, 0.3) is 0 Å². The Hall–Kier alpha value is -1.35. The van der Waals surface area contributed by atoms with E-state index in [1.165, 1.54) is 4.90 Å². The van der Waals surface area contributed by atoms with Crippen LogP contribution < -0.4 is 0 Å². The van der Waals surface area contributed by atoms with Gasteiger partial charge in [-0.1, -0.05) is 30.0 Å². The van der Waals surface area contributed by atoms with E-state index in [1.807, 2.05) is 31.2 Å². The summed E-state index contributed by atoms with van der Waals surface area (Å²) in [5.41, 5.74) is 0.999. The highest BCUT2D eigenvalue weighted by atomic mass is 32.2. The van der Waals surface area contributed by atoms with Crippen LogP contribution in [0.15, 0.2) is 52.6 Å². The van der Waals surface area contributed by atoms with E-state index < -0.39 is 0 Å². The van der Waals surface area contributed by atoms with Gasteiger partial charge < -0.3 is 0 Å². The molecule has 0 fully saturated rings. The Labute approximate surface area is 87.4 Å². The molecule has 0 radical (unpaired) electrons. The van der Waals surface area contributed by atoms with E-state index in [-0.39, 0.29) is 0 Å². The molecular formula is C11H10N2S. The van der Waals surface area contributed by atoms with Gasteiger partial charge in [-0.05, 0) is 25.1 Å². The zero-order valence-corrected chi connectivity index (χ0v) is 8.66. The van der Waals surface area contributed by atoms with Crippen LogP contribution in [0, 0.1) is 6.92 Å². The lowest BCUT2D eigenvalue weighted by molar-refractivity contribution is 1.01. The Morgan fingerprint density at radius 2 is 1.86 bits per heavy atom. The monoisotopic (exact) mass is 202 g/mol. The van der Waals surface area contributed by atoms with Crippen LogP contribution in [-0.4, -0.2) is 9.97 Å². The molecule has 14 heavy (non-hydrogen) atoms. The summed E-state index contributed by atoms with van der Waals surface area (Å²) in [6.45, 7) is 1.97. The first-order valence-electron chi connectivity index (χ1n) is 4.36. The predicted molar refractivity (Wildman–Crippen MR) is 57.3 cm³/mol. The molecule has 2 aromatic rings. The third-order valence-electron chi connectivity index (χ3n) is 1.74. The van der Waals surface area contributed by atoms with Crippen molar-refractivity contribution in [3.8, 4) is 0 Å². The molecule has 1 aromatic heterocycles. The molecule has 70 valence electrons. The van der Waals surface area contributed by atoms with E-state index in [9.17, 15) is 0 Å². The van der Waals surface area contributed by atoms with E-state index in [0.29, 0.717) is 0 Å². The maximum atomic E-state index is 4.19. The molecule has 2 nitrogen and oxygen atoms in total. The van der Waals surface area contributed by atoms with Crippen molar-refractivity contribution < 1.29 is 0 Å². The van der Waals surface area contributed by atoms with Crippen molar-refractivity contribution in [1.82, 2.24) is 9.97 Å². The fraction of sp³-hybridized carbons (Fsp3) is 0.0909. The smallest absolute Gasteiger partial charge is 0.116 e. The van der Waals surface area contributed by atoms with E-state index in [4.69, 9.17) is 0 Å². The lowest BCUT2D eigenvalue weighted by atomic mass is 10.4. The molecule has 0 spiro atoms. The summed E-state index contributed by atoms with van der Waals surface area (Å²) in [6, 6.07) is 12.2. The number of rotatable bonds is 2. The van der Waals surface area contributed by atoms with Crippen LogP contribution in [0.5, 0.6) is 0 Å². The second kappa shape index (κ2) is 4.24. The Bertz CT molecular complexity index is 415. The van der Waals surface area contributed by atoms with Gasteiger partial charge in [-0.25, -0.2) is 9.97 Å². The highest BCUT2D eigenvalue weighted by Gasteiger charge is 1.97. The molecule has 0 aliphatic rings. The lowest BCUT2D eigenvalue weighted by Gasteiger charge is -2.00. The summed E-state index contributed by atoms with van der Waals surface area (Å²) in [5.74, 6) is 0. The first-order valence-corrected chi connectivity index (χ1v) is 5.18. The van der Waals surface area contributed by atoms with Gasteiger partial charge >= 0.3 is 0 Å². The Morgan fingerprint density at radius 1 is 1.07 bits per heavy atom. The third kappa shape index (κ3) is 2.33. The zero-order valence-electron chi connectivity index (χ0n) is 7.84. The van der Waals surface area contributed by atoms with E-state index in [1.54, 1.807) is 18.1 Å². The SMILES string of the molecule is Cc1cc(Sc2ccccc2)ncn1. The van der Waals surface area contributed by atoms with Gasteiger partial charge in [-0.3, -0.25) is 0 Å². The van der Waals surface area contributed by atoms with Crippen molar-refractivity contribution >= 4 is 11.8 Å². The van der Waals surface area contributed by atoms with Crippen LogP contribution in [0.2, 0.25) is 0 Å². The maximum absolute atomic E-state index is 4.19. The predicted octanol–water partition coefficient (Wildman–Crippen LogP) is 2.94. The molecule has 0 atom stereocenters. The molecule has 0 saturated carbocycles. The van der Waals surface area contributed by atoms with Gasteiger partial charge in [-0.2, -0.15) is 0 Å². The summed E-state index contributed by atoms with van der Waals surface area (Å²) in [6.07, 6.45) is 1.60. The van der Waals surface area contributed by atoms with Gasteiger partial charge in [0.1, 0.15) is 11.4 Å². The fourth-order valence-electron chi connectivity index (χ4n) is 1.10. The largest absolute Gasteiger partial charge is 0.242 e. The van der Waals surface area contributed by atoms with E-state index >= 15 is 0 Å². The first kappa shape index (κ1) is 9.21. The van der Waals surface area contributed by atoms with Gasteiger partial charge in [-0.15, -0.1) is 0 Å². The average Bonchev–Trinajstić information content (AvgIpc) is 2.19. The van der Waals surface area contributed by atoms with Crippen LogP contribution in [0.4, 0.5) is 0 Å². The van der Waals surface area contributed by atoms with Crippen molar-refractivity contribution in [1.29, 1.82) is 0 Å². The maximum Gasteiger partial charge on any atom is 0.116 e. The van der Waals surface area contributed by atoms with Crippen LogP contribution in [-0.2, 0) is 0 Å². The molecule has 0 N–H and O–H groups in total. The summed E-state index contributed by atoms with van der Waals surface area (Å²) < 4.78 is 0. The van der Waals surface area contributed by atoms with Gasteiger partial charge in [0.05, 0.1) is 0 Å². The van der Waals surface area contributed by atoms with Gasteiger partial charge in [0.15, 0.2) is 0 Å². The van der Waals surface area contributed by atoms with Crippen molar-refractivity contribution in [3.05, 3.63) is 48.4 Å². The van der Waals surface area contributed by atoms with Crippen LogP contribution >= 0.6 is 11.8 Å². The Kier molecular flexibility index (Phi) is 2.79. The van der Waals surface area contributed by atoms with E-state index in [0.717, 1.165) is 10.7 Å². The Balaban J connectivity index is 2.19. The standard InChI is InChI=1S/C11H10N2S/c1-9-7-11(13-8-12-9)14-10-5-3-2-4-6-10/h2-8H,1H3. The molecule has 0 aliphatic carbocycles. The number of nitrogens with zero attached hydrogens (tertiary/aromatic N) is 2. The quantitative estimate of drug-likeness (QED) is 0.700. The van der Waals surface area contributed by atoms with Crippen molar-refractivity contribution in [2.75, 3.05) is 0 Å². The summed E-state index contributed by atoms with van der Waals surface area (Å²) in [5, 5.41) is 0.990. The van der Waals surface area contributed by atoms with Crippen molar-refractivity contribution in [3.63, 3.8) is 0 Å². The highest BCUT2D eigenvalue weighted by Crippen LogP contribution is 2.24. The van der Waals surface area contributed by atoms with Crippen molar-refractivity contribution in [2.45, 2.75) is 16.8 Å². The number of hydrogen-bond acceptors (Lipinski definition) is 3.